The minimum atomic E-state index is 0.895. The minimum absolute atomic E-state index is 0.895. The Balaban J connectivity index is 1.12. The number of fused-ring (bicyclic) bond motifs is 6. The van der Waals surface area contributed by atoms with Gasteiger partial charge >= 0.3 is 0 Å². The van der Waals surface area contributed by atoms with Crippen molar-refractivity contribution in [1.29, 1.82) is 0 Å². The molecule has 0 spiro atoms. The van der Waals surface area contributed by atoms with Crippen molar-refractivity contribution in [2.45, 2.75) is 0 Å². The molecule has 0 unspecified atom stereocenters. The molecule has 0 atom stereocenters. The third-order valence-corrected chi connectivity index (χ3v) is 12.2. The van der Waals surface area contributed by atoms with Crippen LogP contribution in [0.1, 0.15) is 0 Å². The molecule has 2 heterocycles. The zero-order valence-electron chi connectivity index (χ0n) is 31.0. The van der Waals surface area contributed by atoms with Crippen LogP contribution in [0.3, 0.4) is 0 Å². The number of thiophene rings is 1. The van der Waals surface area contributed by atoms with Crippen molar-refractivity contribution in [2.24, 2.45) is 0 Å². The molecule has 0 aliphatic carbocycles. The van der Waals surface area contributed by atoms with Crippen LogP contribution in [0.5, 0.6) is 0 Å². The van der Waals surface area contributed by atoms with Gasteiger partial charge in [0.15, 0.2) is 0 Å². The second kappa shape index (κ2) is 13.8. The van der Waals surface area contributed by atoms with E-state index in [1.165, 1.54) is 42.4 Å². The number of rotatable bonds is 7. The van der Waals surface area contributed by atoms with Crippen molar-refractivity contribution in [1.82, 2.24) is 0 Å². The number of furan rings is 1. The predicted molar refractivity (Wildman–Crippen MR) is 243 cm³/mol. The highest BCUT2D eigenvalue weighted by Crippen LogP contribution is 2.47. The number of anilines is 3. The van der Waals surface area contributed by atoms with Crippen LogP contribution in [0.4, 0.5) is 17.1 Å². The number of hydrogen-bond donors (Lipinski definition) is 0. The molecule has 2 nitrogen and oxygen atoms in total. The summed E-state index contributed by atoms with van der Waals surface area (Å²) in [6, 6.07) is 76.4. The number of hydrogen-bond acceptors (Lipinski definition) is 3. The standard InChI is InChI=1S/C54H35NOS/c1-3-13-36(14-4-1)38-25-27-39(28-26-38)40-29-31-43(32-30-40)55(49-21-12-24-52-53(49)48-18-8-10-23-51(48)57-52)44-34-41(37-15-5-2-6-16-37)33-42(35-44)45-19-11-20-47-46-17-7-9-22-50(46)56-54(45)47/h1-35H. The van der Waals surface area contributed by atoms with E-state index in [0.29, 0.717) is 0 Å². The Kier molecular flexibility index (Phi) is 8.04. The molecule has 9 aromatic carbocycles. The first-order valence-electron chi connectivity index (χ1n) is 19.3. The highest BCUT2D eigenvalue weighted by atomic mass is 32.1. The molecule has 0 amide bonds. The van der Waals surface area contributed by atoms with Crippen LogP contribution >= 0.6 is 11.3 Å². The van der Waals surface area contributed by atoms with Crippen molar-refractivity contribution in [3.63, 3.8) is 0 Å². The Morgan fingerprint density at radius 2 is 0.895 bits per heavy atom. The summed E-state index contributed by atoms with van der Waals surface area (Å²) in [6.45, 7) is 0. The topological polar surface area (TPSA) is 16.4 Å². The number of benzene rings is 9. The smallest absolute Gasteiger partial charge is 0.143 e. The lowest BCUT2D eigenvalue weighted by atomic mass is 9.95. The van der Waals surface area contributed by atoms with Gasteiger partial charge in [-0.15, -0.1) is 11.3 Å². The summed E-state index contributed by atoms with van der Waals surface area (Å²) in [5, 5.41) is 4.76. The molecule has 0 saturated carbocycles. The molecular formula is C54H35NOS. The average Bonchev–Trinajstić information content (AvgIpc) is 3.87. The molecule has 57 heavy (non-hydrogen) atoms. The van der Waals surface area contributed by atoms with E-state index in [2.05, 4.69) is 211 Å². The van der Waals surface area contributed by atoms with Crippen molar-refractivity contribution in [3.05, 3.63) is 212 Å². The van der Waals surface area contributed by atoms with Crippen LogP contribution in [-0.4, -0.2) is 0 Å². The van der Waals surface area contributed by atoms with Crippen LogP contribution in [0.15, 0.2) is 217 Å². The summed E-state index contributed by atoms with van der Waals surface area (Å²) in [5.41, 5.74) is 14.3. The summed E-state index contributed by atoms with van der Waals surface area (Å²) in [4.78, 5) is 2.44. The van der Waals surface area contributed by atoms with Gasteiger partial charge in [0.2, 0.25) is 0 Å². The lowest BCUT2D eigenvalue weighted by molar-refractivity contribution is 0.670. The molecule has 0 bridgehead atoms. The van der Waals surface area contributed by atoms with Gasteiger partial charge in [0.05, 0.1) is 5.69 Å². The Morgan fingerprint density at radius 1 is 0.351 bits per heavy atom. The Morgan fingerprint density at radius 3 is 1.63 bits per heavy atom. The summed E-state index contributed by atoms with van der Waals surface area (Å²) in [7, 11) is 0. The van der Waals surface area contributed by atoms with Gasteiger partial charge in [-0.2, -0.15) is 0 Å². The van der Waals surface area contributed by atoms with E-state index in [4.69, 9.17) is 4.42 Å². The fourth-order valence-electron chi connectivity index (χ4n) is 8.33. The maximum atomic E-state index is 6.62. The molecule has 268 valence electrons. The molecule has 11 rings (SSSR count). The van der Waals surface area contributed by atoms with Gasteiger partial charge in [0.25, 0.3) is 0 Å². The largest absolute Gasteiger partial charge is 0.455 e. The van der Waals surface area contributed by atoms with Gasteiger partial charge in [-0.05, 0) is 93.5 Å². The van der Waals surface area contributed by atoms with Gasteiger partial charge in [-0.25, -0.2) is 0 Å². The minimum Gasteiger partial charge on any atom is -0.455 e. The third kappa shape index (κ3) is 5.88. The second-order valence-electron chi connectivity index (χ2n) is 14.5. The van der Waals surface area contributed by atoms with Crippen molar-refractivity contribution in [2.75, 3.05) is 4.90 Å². The van der Waals surface area contributed by atoms with Crippen LogP contribution in [-0.2, 0) is 0 Å². The van der Waals surface area contributed by atoms with Gasteiger partial charge in [0.1, 0.15) is 11.2 Å². The van der Waals surface area contributed by atoms with E-state index >= 15 is 0 Å². The molecule has 2 aromatic heterocycles. The molecule has 0 fully saturated rings. The molecule has 0 aliphatic rings. The molecule has 11 aromatic rings. The quantitative estimate of drug-likeness (QED) is 0.162. The van der Waals surface area contributed by atoms with E-state index in [1.54, 1.807) is 0 Å². The Bertz CT molecular complexity index is 3210. The highest BCUT2D eigenvalue weighted by molar-refractivity contribution is 7.26. The van der Waals surface area contributed by atoms with Gasteiger partial charge in [-0.3, -0.25) is 0 Å². The van der Waals surface area contributed by atoms with E-state index in [9.17, 15) is 0 Å². The van der Waals surface area contributed by atoms with E-state index < -0.39 is 0 Å². The normalized spacial score (nSPS) is 11.5. The summed E-state index contributed by atoms with van der Waals surface area (Å²) >= 11 is 1.85. The summed E-state index contributed by atoms with van der Waals surface area (Å²) < 4.78 is 9.17. The third-order valence-electron chi connectivity index (χ3n) is 11.1. The number of nitrogens with zero attached hydrogens (tertiary/aromatic N) is 1. The van der Waals surface area contributed by atoms with E-state index in [0.717, 1.165) is 61.3 Å². The molecule has 0 N–H and O–H groups in total. The Hall–Kier alpha value is -7.20. The van der Waals surface area contributed by atoms with Gasteiger partial charge in [-0.1, -0.05) is 158 Å². The van der Waals surface area contributed by atoms with Crippen LogP contribution < -0.4 is 4.90 Å². The highest BCUT2D eigenvalue weighted by Gasteiger charge is 2.21. The predicted octanol–water partition coefficient (Wildman–Crippen LogP) is 16.1. The molecule has 3 heteroatoms. The first kappa shape index (κ1) is 33.2. The fraction of sp³-hybridized carbons (Fsp3) is 0. The summed E-state index contributed by atoms with van der Waals surface area (Å²) in [5.74, 6) is 0. The van der Waals surface area contributed by atoms with Crippen molar-refractivity contribution >= 4 is 70.5 Å². The van der Waals surface area contributed by atoms with E-state index in [1.807, 2.05) is 17.4 Å². The number of para-hydroxylation sites is 2. The first-order valence-corrected chi connectivity index (χ1v) is 20.1. The van der Waals surface area contributed by atoms with Crippen LogP contribution in [0.2, 0.25) is 0 Å². The maximum absolute atomic E-state index is 6.62. The molecule has 0 radical (unpaired) electrons. The summed E-state index contributed by atoms with van der Waals surface area (Å²) in [6.07, 6.45) is 0. The molecule has 0 aliphatic heterocycles. The van der Waals surface area contributed by atoms with Crippen molar-refractivity contribution in [3.8, 4) is 44.5 Å². The molecular weight excluding hydrogens is 711 g/mol. The fourth-order valence-corrected chi connectivity index (χ4v) is 9.45. The van der Waals surface area contributed by atoms with Gasteiger partial charge in [0, 0.05) is 47.9 Å². The lowest BCUT2D eigenvalue weighted by Gasteiger charge is -2.28. The van der Waals surface area contributed by atoms with Crippen LogP contribution in [0, 0.1) is 0 Å². The SMILES string of the molecule is c1ccc(-c2ccc(-c3ccc(N(c4cc(-c5ccccc5)cc(-c5cccc6c5oc5ccccc56)c4)c4cccc5sc6ccccc6c45)cc3)cc2)cc1. The maximum Gasteiger partial charge on any atom is 0.143 e. The van der Waals surface area contributed by atoms with Crippen LogP contribution in [0.25, 0.3) is 86.6 Å². The lowest BCUT2D eigenvalue weighted by Crippen LogP contribution is -2.10. The van der Waals surface area contributed by atoms with E-state index in [-0.39, 0.29) is 0 Å². The average molecular weight is 746 g/mol. The van der Waals surface area contributed by atoms with Crippen molar-refractivity contribution < 1.29 is 4.42 Å². The molecule has 0 saturated heterocycles. The van der Waals surface area contributed by atoms with Gasteiger partial charge < -0.3 is 9.32 Å². The zero-order valence-corrected chi connectivity index (χ0v) is 31.8. The zero-order chi connectivity index (χ0) is 37.7. The Labute approximate surface area is 335 Å². The first-order chi connectivity index (χ1) is 28.2. The second-order valence-corrected chi connectivity index (χ2v) is 15.6. The monoisotopic (exact) mass is 745 g/mol.